The molecule has 19 heavy (non-hydrogen) atoms. The van der Waals surface area contributed by atoms with E-state index >= 15 is 0 Å². The molecule has 1 atom stereocenters. The first-order chi connectivity index (χ1) is 9.18. The van der Waals surface area contributed by atoms with Crippen LogP contribution in [0.5, 0.6) is 0 Å². The van der Waals surface area contributed by atoms with Crippen molar-refractivity contribution in [1.29, 1.82) is 0 Å². The zero-order valence-electron chi connectivity index (χ0n) is 11.2. The number of hydrogen-bond acceptors (Lipinski definition) is 3. The zero-order chi connectivity index (χ0) is 13.7. The highest BCUT2D eigenvalue weighted by Gasteiger charge is 2.41. The van der Waals surface area contributed by atoms with E-state index in [9.17, 15) is 4.79 Å². The molecule has 1 heterocycles. The van der Waals surface area contributed by atoms with E-state index in [-0.39, 0.29) is 18.0 Å². The molecule has 0 bridgehead atoms. The van der Waals surface area contributed by atoms with Crippen LogP contribution in [0.1, 0.15) is 31.7 Å². The van der Waals surface area contributed by atoms with Crippen molar-refractivity contribution in [3.05, 3.63) is 34.9 Å². The molecule has 0 amide bonds. The molecule has 104 valence electrons. The largest absolute Gasteiger partial charge is 0.460 e. The van der Waals surface area contributed by atoms with E-state index < -0.39 is 0 Å². The van der Waals surface area contributed by atoms with Crippen LogP contribution in [0.3, 0.4) is 0 Å². The average molecular weight is 282 g/mol. The summed E-state index contributed by atoms with van der Waals surface area (Å²) in [7, 11) is 0. The lowest BCUT2D eigenvalue weighted by Crippen LogP contribution is -2.35. The molecule has 3 nitrogen and oxygen atoms in total. The van der Waals surface area contributed by atoms with E-state index in [2.05, 4.69) is 12.2 Å². The van der Waals surface area contributed by atoms with Crippen molar-refractivity contribution in [2.45, 2.75) is 32.8 Å². The van der Waals surface area contributed by atoms with Gasteiger partial charge in [0.05, 0.1) is 5.41 Å². The first kappa shape index (κ1) is 14.4. The average Bonchev–Trinajstić information content (AvgIpc) is 2.88. The molecular formula is C15H20ClNO2. The zero-order valence-corrected chi connectivity index (χ0v) is 12.0. The van der Waals surface area contributed by atoms with Gasteiger partial charge in [0.15, 0.2) is 0 Å². The lowest BCUT2D eigenvalue weighted by Gasteiger charge is -2.25. The maximum Gasteiger partial charge on any atom is 0.313 e. The van der Waals surface area contributed by atoms with E-state index in [1.165, 1.54) is 0 Å². The molecule has 1 aliphatic rings. The summed E-state index contributed by atoms with van der Waals surface area (Å²) < 4.78 is 5.49. The summed E-state index contributed by atoms with van der Waals surface area (Å²) in [5.74, 6) is -0.0979. The number of rotatable bonds is 5. The third kappa shape index (κ3) is 3.28. The Hall–Kier alpha value is -1.06. The number of ether oxygens (including phenoxy) is 1. The van der Waals surface area contributed by atoms with Crippen molar-refractivity contribution in [2.24, 2.45) is 5.41 Å². The van der Waals surface area contributed by atoms with E-state index in [0.717, 1.165) is 37.9 Å². The highest BCUT2D eigenvalue weighted by atomic mass is 35.5. The van der Waals surface area contributed by atoms with Crippen LogP contribution in [0.2, 0.25) is 5.02 Å². The van der Waals surface area contributed by atoms with Crippen molar-refractivity contribution in [1.82, 2.24) is 5.32 Å². The molecule has 0 aliphatic carbocycles. The minimum atomic E-state index is -0.337. The fourth-order valence-electron chi connectivity index (χ4n) is 2.62. The number of esters is 1. The number of hydrogen-bond donors (Lipinski definition) is 1. The smallest absolute Gasteiger partial charge is 0.313 e. The molecule has 2 rings (SSSR count). The van der Waals surface area contributed by atoms with E-state index in [1.807, 2.05) is 24.3 Å². The summed E-state index contributed by atoms with van der Waals surface area (Å²) >= 11 is 6.06. The molecule has 1 saturated heterocycles. The predicted octanol–water partition coefficient (Wildman–Crippen LogP) is 3.16. The second-order valence-electron chi connectivity index (χ2n) is 5.12. The molecule has 0 spiro atoms. The standard InChI is InChI=1S/C15H20ClNO2/c1-2-7-15(8-9-17-11-15)14(18)19-10-12-5-3-4-6-13(12)16/h3-6,17H,2,7-11H2,1H3. The Morgan fingerprint density at radius 1 is 1.47 bits per heavy atom. The molecule has 1 aliphatic heterocycles. The van der Waals surface area contributed by atoms with Gasteiger partial charge in [-0.15, -0.1) is 0 Å². The number of halogens is 1. The van der Waals surface area contributed by atoms with Crippen LogP contribution >= 0.6 is 11.6 Å². The third-order valence-electron chi connectivity index (χ3n) is 3.72. The number of carbonyl (C=O) groups is 1. The molecule has 4 heteroatoms. The fourth-order valence-corrected chi connectivity index (χ4v) is 2.81. The van der Waals surface area contributed by atoms with Gasteiger partial charge in [-0.05, 0) is 25.5 Å². The molecule has 1 aromatic carbocycles. The van der Waals surface area contributed by atoms with Crippen LogP contribution in [0.15, 0.2) is 24.3 Å². The monoisotopic (exact) mass is 281 g/mol. The van der Waals surface area contributed by atoms with Gasteiger partial charge in [0, 0.05) is 17.1 Å². The van der Waals surface area contributed by atoms with Crippen LogP contribution in [0, 0.1) is 5.41 Å². The Morgan fingerprint density at radius 2 is 2.26 bits per heavy atom. The van der Waals surface area contributed by atoms with Gasteiger partial charge in [-0.25, -0.2) is 0 Å². The first-order valence-electron chi connectivity index (χ1n) is 6.79. The van der Waals surface area contributed by atoms with Crippen molar-refractivity contribution in [2.75, 3.05) is 13.1 Å². The Balaban J connectivity index is 1.98. The van der Waals surface area contributed by atoms with Gasteiger partial charge in [0.25, 0.3) is 0 Å². The highest BCUT2D eigenvalue weighted by molar-refractivity contribution is 6.31. The highest BCUT2D eigenvalue weighted by Crippen LogP contribution is 2.33. The molecule has 0 saturated carbocycles. The Kier molecular flexibility index (Phi) is 4.83. The molecule has 1 N–H and O–H groups in total. The van der Waals surface area contributed by atoms with E-state index in [0.29, 0.717) is 5.02 Å². The molecule has 1 aromatic rings. The third-order valence-corrected chi connectivity index (χ3v) is 4.09. The maximum atomic E-state index is 12.3. The number of benzene rings is 1. The van der Waals surface area contributed by atoms with Gasteiger partial charge in [0.2, 0.25) is 0 Å². The van der Waals surface area contributed by atoms with Crippen LogP contribution in [-0.4, -0.2) is 19.1 Å². The molecule has 1 unspecified atom stereocenters. The summed E-state index contributed by atoms with van der Waals surface area (Å²) in [5, 5.41) is 3.90. The summed E-state index contributed by atoms with van der Waals surface area (Å²) in [4.78, 5) is 12.3. The quantitative estimate of drug-likeness (QED) is 0.843. The summed E-state index contributed by atoms with van der Waals surface area (Å²) in [6.45, 7) is 3.97. The van der Waals surface area contributed by atoms with Crippen LogP contribution in [0.4, 0.5) is 0 Å². The van der Waals surface area contributed by atoms with Gasteiger partial charge < -0.3 is 10.1 Å². The first-order valence-corrected chi connectivity index (χ1v) is 7.17. The second-order valence-corrected chi connectivity index (χ2v) is 5.53. The summed E-state index contributed by atoms with van der Waals surface area (Å²) in [6, 6.07) is 7.46. The predicted molar refractivity (Wildman–Crippen MR) is 76.1 cm³/mol. The minimum Gasteiger partial charge on any atom is -0.460 e. The lowest BCUT2D eigenvalue weighted by atomic mass is 9.82. The number of nitrogens with one attached hydrogen (secondary N) is 1. The Labute approximate surface area is 119 Å². The van der Waals surface area contributed by atoms with Gasteiger partial charge in [-0.1, -0.05) is 43.1 Å². The van der Waals surface area contributed by atoms with Gasteiger partial charge >= 0.3 is 5.97 Å². The van der Waals surface area contributed by atoms with E-state index in [1.54, 1.807) is 0 Å². The maximum absolute atomic E-state index is 12.3. The summed E-state index contributed by atoms with van der Waals surface area (Å²) in [6.07, 6.45) is 2.73. The lowest BCUT2D eigenvalue weighted by molar-refractivity contribution is -0.156. The number of carbonyl (C=O) groups excluding carboxylic acids is 1. The molecular weight excluding hydrogens is 262 g/mol. The fraction of sp³-hybridized carbons (Fsp3) is 0.533. The second kappa shape index (κ2) is 6.40. The van der Waals surface area contributed by atoms with Crippen LogP contribution in [0.25, 0.3) is 0 Å². The van der Waals surface area contributed by atoms with Gasteiger partial charge in [-0.2, -0.15) is 0 Å². The van der Waals surface area contributed by atoms with E-state index in [4.69, 9.17) is 16.3 Å². The summed E-state index contributed by atoms with van der Waals surface area (Å²) in [5.41, 5.74) is 0.519. The molecule has 1 fully saturated rings. The van der Waals surface area contributed by atoms with Crippen molar-refractivity contribution >= 4 is 17.6 Å². The normalized spacial score (nSPS) is 22.4. The van der Waals surface area contributed by atoms with Gasteiger partial charge in [0.1, 0.15) is 6.61 Å². The van der Waals surface area contributed by atoms with Crippen LogP contribution in [-0.2, 0) is 16.1 Å². The van der Waals surface area contributed by atoms with Gasteiger partial charge in [-0.3, -0.25) is 4.79 Å². The van der Waals surface area contributed by atoms with Crippen molar-refractivity contribution in [3.8, 4) is 0 Å². The van der Waals surface area contributed by atoms with Crippen LogP contribution < -0.4 is 5.32 Å². The van der Waals surface area contributed by atoms with Crippen molar-refractivity contribution in [3.63, 3.8) is 0 Å². The Morgan fingerprint density at radius 3 is 2.89 bits per heavy atom. The molecule has 0 aromatic heterocycles. The minimum absolute atomic E-state index is 0.0979. The topological polar surface area (TPSA) is 38.3 Å². The van der Waals surface area contributed by atoms with Crippen molar-refractivity contribution < 1.29 is 9.53 Å². The Bertz CT molecular complexity index is 442. The molecule has 0 radical (unpaired) electrons. The SMILES string of the molecule is CCCC1(C(=O)OCc2ccccc2Cl)CCNC1.